The summed E-state index contributed by atoms with van der Waals surface area (Å²) in [6.07, 6.45) is 0.258. The topological polar surface area (TPSA) is 101 Å². The zero-order valence-corrected chi connectivity index (χ0v) is 11.2. The van der Waals surface area contributed by atoms with E-state index in [1.54, 1.807) is 0 Å². The zero-order chi connectivity index (χ0) is 14.9. The summed E-state index contributed by atoms with van der Waals surface area (Å²) in [7, 11) is -3.97. The van der Waals surface area contributed by atoms with Crippen molar-refractivity contribution in [3.8, 4) is 0 Å². The molecule has 1 saturated heterocycles. The van der Waals surface area contributed by atoms with Crippen molar-refractivity contribution in [2.45, 2.75) is 23.8 Å². The minimum atomic E-state index is -3.97. The highest BCUT2D eigenvalue weighted by atomic mass is 32.2. The third-order valence-electron chi connectivity index (χ3n) is 3.11. The van der Waals surface area contributed by atoms with Crippen LogP contribution in [0.4, 0.5) is 10.1 Å². The largest absolute Gasteiger partial charge is 0.392 e. The molecule has 1 aliphatic rings. The third kappa shape index (κ3) is 2.79. The van der Waals surface area contributed by atoms with Crippen LogP contribution in [0.5, 0.6) is 0 Å². The lowest BCUT2D eigenvalue weighted by Gasteiger charge is -2.29. The molecule has 0 radical (unpaired) electrons. The van der Waals surface area contributed by atoms with Gasteiger partial charge in [0.1, 0.15) is 0 Å². The Morgan fingerprint density at radius 1 is 1.45 bits per heavy atom. The Morgan fingerprint density at radius 2 is 2.15 bits per heavy atom. The first-order valence-corrected chi connectivity index (χ1v) is 7.38. The second-order valence-corrected chi connectivity index (χ2v) is 6.47. The maximum absolute atomic E-state index is 13.2. The standard InChI is InChI=1S/C11H13FN2O5S/c12-10-4-3-9(6-11(10)14(16)17)20(18,19)13-5-1-2-8(15)7-13/h3-4,6,8,15H,1-2,5,7H2/t8-/m0/s1. The molecule has 0 spiro atoms. The van der Waals surface area contributed by atoms with Gasteiger partial charge >= 0.3 is 5.69 Å². The second-order valence-electron chi connectivity index (χ2n) is 4.53. The van der Waals surface area contributed by atoms with Gasteiger partial charge in [-0.1, -0.05) is 0 Å². The molecule has 1 aromatic carbocycles. The smallest absolute Gasteiger partial charge is 0.306 e. The van der Waals surface area contributed by atoms with Crippen molar-refractivity contribution in [1.82, 2.24) is 4.31 Å². The highest BCUT2D eigenvalue weighted by Crippen LogP contribution is 2.25. The number of hydrogen-bond donors (Lipinski definition) is 1. The molecule has 20 heavy (non-hydrogen) atoms. The lowest BCUT2D eigenvalue weighted by atomic mass is 10.1. The number of aliphatic hydroxyl groups is 1. The molecule has 9 heteroatoms. The van der Waals surface area contributed by atoms with E-state index in [1.807, 2.05) is 0 Å². The molecule has 2 rings (SSSR count). The Hall–Kier alpha value is -1.58. The number of nitro benzene ring substituents is 1. The fourth-order valence-electron chi connectivity index (χ4n) is 2.08. The van der Waals surface area contributed by atoms with Gasteiger partial charge in [0.05, 0.1) is 15.9 Å². The fourth-order valence-corrected chi connectivity index (χ4v) is 3.62. The van der Waals surface area contributed by atoms with Crippen LogP contribution in [-0.2, 0) is 10.0 Å². The van der Waals surface area contributed by atoms with Crippen molar-refractivity contribution in [3.63, 3.8) is 0 Å². The van der Waals surface area contributed by atoms with E-state index < -0.39 is 32.6 Å². The molecule has 1 aromatic rings. The second kappa shape index (κ2) is 5.43. The van der Waals surface area contributed by atoms with Gasteiger partial charge in [-0.05, 0) is 25.0 Å². The van der Waals surface area contributed by atoms with Crippen LogP contribution in [0, 0.1) is 15.9 Å². The number of halogens is 1. The summed E-state index contributed by atoms with van der Waals surface area (Å²) in [5, 5.41) is 20.1. The summed E-state index contributed by atoms with van der Waals surface area (Å²) >= 11 is 0. The van der Waals surface area contributed by atoms with Gasteiger partial charge in [0.15, 0.2) is 0 Å². The summed E-state index contributed by atoms with van der Waals surface area (Å²) in [4.78, 5) is 9.33. The van der Waals surface area contributed by atoms with Crippen LogP contribution in [0.15, 0.2) is 23.1 Å². The Balaban J connectivity index is 2.39. The first-order valence-electron chi connectivity index (χ1n) is 5.94. The van der Waals surface area contributed by atoms with Crippen molar-refractivity contribution in [2.75, 3.05) is 13.1 Å². The number of hydrogen-bond acceptors (Lipinski definition) is 5. The molecule has 0 unspecified atom stereocenters. The SMILES string of the molecule is O=[N+]([O-])c1cc(S(=O)(=O)N2CCC[C@H](O)C2)ccc1F. The van der Waals surface area contributed by atoms with E-state index in [2.05, 4.69) is 0 Å². The Morgan fingerprint density at radius 3 is 2.75 bits per heavy atom. The Labute approximate surface area is 114 Å². The molecule has 7 nitrogen and oxygen atoms in total. The predicted molar refractivity (Wildman–Crippen MR) is 67.1 cm³/mol. The monoisotopic (exact) mass is 304 g/mol. The quantitative estimate of drug-likeness (QED) is 0.660. The molecule has 0 bridgehead atoms. The molecule has 0 amide bonds. The van der Waals surface area contributed by atoms with Crippen LogP contribution in [0.3, 0.4) is 0 Å². The minimum Gasteiger partial charge on any atom is -0.392 e. The number of aliphatic hydroxyl groups excluding tert-OH is 1. The third-order valence-corrected chi connectivity index (χ3v) is 4.97. The predicted octanol–water partition coefficient (Wildman–Crippen LogP) is 0.879. The number of rotatable bonds is 3. The number of sulfonamides is 1. The summed E-state index contributed by atoms with van der Waals surface area (Å²) in [6.45, 7) is 0.165. The van der Waals surface area contributed by atoms with Crippen LogP contribution in [0.1, 0.15) is 12.8 Å². The van der Waals surface area contributed by atoms with E-state index in [0.717, 1.165) is 16.4 Å². The maximum Gasteiger partial charge on any atom is 0.306 e. The molecule has 0 aliphatic carbocycles. The van der Waals surface area contributed by atoms with E-state index in [0.29, 0.717) is 18.9 Å². The number of nitrogens with zero attached hydrogens (tertiary/aromatic N) is 2. The molecule has 1 atom stereocenters. The molecule has 1 heterocycles. The molecule has 1 fully saturated rings. The van der Waals surface area contributed by atoms with E-state index >= 15 is 0 Å². The summed E-state index contributed by atoms with van der Waals surface area (Å²) in [6, 6.07) is 2.44. The highest BCUT2D eigenvalue weighted by Gasteiger charge is 2.31. The first kappa shape index (κ1) is 14.8. The maximum atomic E-state index is 13.2. The average molecular weight is 304 g/mol. The number of benzene rings is 1. The number of β-amino-alcohol motifs (C(OH)–C–C–N with tert-alkyl or cyclic N) is 1. The van der Waals surface area contributed by atoms with E-state index in [9.17, 15) is 28.0 Å². The van der Waals surface area contributed by atoms with Gasteiger partial charge in [0.25, 0.3) is 0 Å². The van der Waals surface area contributed by atoms with Crippen molar-refractivity contribution in [1.29, 1.82) is 0 Å². The van der Waals surface area contributed by atoms with E-state index in [-0.39, 0.29) is 18.0 Å². The average Bonchev–Trinajstić information content (AvgIpc) is 2.38. The van der Waals surface area contributed by atoms with Gasteiger partial charge < -0.3 is 5.11 Å². The fraction of sp³-hybridized carbons (Fsp3) is 0.455. The van der Waals surface area contributed by atoms with Gasteiger partial charge in [-0.2, -0.15) is 8.70 Å². The first-order chi connectivity index (χ1) is 9.32. The zero-order valence-electron chi connectivity index (χ0n) is 10.4. The molecule has 110 valence electrons. The van der Waals surface area contributed by atoms with Crippen LogP contribution in [0.2, 0.25) is 0 Å². The van der Waals surface area contributed by atoms with Crippen LogP contribution >= 0.6 is 0 Å². The minimum absolute atomic E-state index is 0.0620. The van der Waals surface area contributed by atoms with Crippen molar-refractivity contribution in [2.24, 2.45) is 0 Å². The highest BCUT2D eigenvalue weighted by molar-refractivity contribution is 7.89. The van der Waals surface area contributed by atoms with E-state index in [4.69, 9.17) is 0 Å². The Bertz CT molecular complexity index is 634. The van der Waals surface area contributed by atoms with Crippen LogP contribution < -0.4 is 0 Å². The number of nitro groups is 1. The van der Waals surface area contributed by atoms with Crippen molar-refractivity contribution in [3.05, 3.63) is 34.1 Å². The molecule has 0 saturated carbocycles. The van der Waals surface area contributed by atoms with Crippen molar-refractivity contribution >= 4 is 15.7 Å². The molecule has 0 aromatic heterocycles. The molecular weight excluding hydrogens is 291 g/mol. The van der Waals surface area contributed by atoms with Gasteiger partial charge in [0.2, 0.25) is 15.8 Å². The van der Waals surface area contributed by atoms with E-state index in [1.165, 1.54) is 0 Å². The van der Waals surface area contributed by atoms with Gasteiger partial charge in [0, 0.05) is 19.2 Å². The van der Waals surface area contributed by atoms with Gasteiger partial charge in [-0.3, -0.25) is 10.1 Å². The normalized spacial score (nSPS) is 20.8. The van der Waals surface area contributed by atoms with Gasteiger partial charge in [-0.15, -0.1) is 0 Å². The molecule has 1 N–H and O–H groups in total. The number of piperidine rings is 1. The van der Waals surface area contributed by atoms with Crippen LogP contribution in [-0.4, -0.2) is 41.9 Å². The van der Waals surface area contributed by atoms with Gasteiger partial charge in [-0.25, -0.2) is 8.42 Å². The summed E-state index contributed by atoms with van der Waals surface area (Å²) in [5.74, 6) is -1.09. The summed E-state index contributed by atoms with van der Waals surface area (Å²) in [5.41, 5.74) is -0.886. The lowest BCUT2D eigenvalue weighted by molar-refractivity contribution is -0.387. The van der Waals surface area contributed by atoms with Crippen molar-refractivity contribution < 1.29 is 22.8 Å². The molecular formula is C11H13FN2O5S. The molecule has 1 aliphatic heterocycles. The summed E-state index contributed by atoms with van der Waals surface area (Å²) < 4.78 is 38.9. The van der Waals surface area contributed by atoms with Crippen LogP contribution in [0.25, 0.3) is 0 Å². The lowest BCUT2D eigenvalue weighted by Crippen LogP contribution is -2.42. The Kier molecular flexibility index (Phi) is 4.02.